The summed E-state index contributed by atoms with van der Waals surface area (Å²) in [5, 5.41) is 11.3. The summed E-state index contributed by atoms with van der Waals surface area (Å²) in [4.78, 5) is 44.7. The number of nitro groups is 1. The van der Waals surface area contributed by atoms with Gasteiger partial charge < -0.3 is 28.7 Å². The zero-order chi connectivity index (χ0) is 24.2. The Hall–Kier alpha value is -3.93. The van der Waals surface area contributed by atoms with Gasteiger partial charge >= 0.3 is 0 Å². The molecule has 0 spiro atoms. The molecule has 2 aliphatic rings. The minimum absolute atomic E-state index is 0.00175. The van der Waals surface area contributed by atoms with Crippen LogP contribution in [0.15, 0.2) is 30.5 Å². The number of amides is 2. The van der Waals surface area contributed by atoms with Crippen molar-refractivity contribution in [3.63, 3.8) is 0 Å². The number of methoxy groups -OCH3 is 2. The number of morpholine rings is 1. The number of aromatic nitrogens is 1. The first kappa shape index (κ1) is 23.2. The third-order valence-electron chi connectivity index (χ3n) is 5.74. The highest BCUT2D eigenvalue weighted by molar-refractivity contribution is 6.00. The van der Waals surface area contributed by atoms with E-state index in [1.54, 1.807) is 23.1 Å². The van der Waals surface area contributed by atoms with Gasteiger partial charge in [0.2, 0.25) is 11.8 Å². The lowest BCUT2D eigenvalue weighted by Gasteiger charge is -2.34. The zero-order valence-corrected chi connectivity index (χ0v) is 18.8. The lowest BCUT2D eigenvalue weighted by Crippen LogP contribution is -2.54. The lowest BCUT2D eigenvalue weighted by molar-refractivity contribution is -0.385. The summed E-state index contributed by atoms with van der Waals surface area (Å²) < 4.78 is 21.8. The van der Waals surface area contributed by atoms with Gasteiger partial charge in [-0.05, 0) is 12.1 Å². The van der Waals surface area contributed by atoms with Crippen LogP contribution in [-0.4, -0.2) is 84.7 Å². The fourth-order valence-corrected chi connectivity index (χ4v) is 3.90. The number of carbonyl (C=O) groups is 2. The predicted octanol–water partition coefficient (Wildman–Crippen LogP) is 1.27. The van der Waals surface area contributed by atoms with E-state index in [0.29, 0.717) is 43.4 Å². The van der Waals surface area contributed by atoms with Crippen LogP contribution in [0, 0.1) is 10.1 Å². The highest BCUT2D eigenvalue weighted by Crippen LogP contribution is 2.31. The van der Waals surface area contributed by atoms with Gasteiger partial charge in [0.15, 0.2) is 0 Å². The van der Waals surface area contributed by atoms with Crippen LogP contribution in [0.4, 0.5) is 5.69 Å². The Balaban J connectivity index is 1.74. The Labute approximate surface area is 195 Å². The van der Waals surface area contributed by atoms with E-state index >= 15 is 0 Å². The van der Waals surface area contributed by atoms with E-state index in [0.717, 1.165) is 12.3 Å². The molecule has 1 unspecified atom stereocenters. The average Bonchev–Trinajstić information content (AvgIpc) is 3.00. The quantitative estimate of drug-likeness (QED) is 0.450. The van der Waals surface area contributed by atoms with Crippen LogP contribution in [0.3, 0.4) is 0 Å². The molecule has 0 aliphatic carbocycles. The van der Waals surface area contributed by atoms with Crippen LogP contribution in [-0.2, 0) is 16.1 Å². The Morgan fingerprint density at radius 3 is 2.68 bits per heavy atom. The summed E-state index contributed by atoms with van der Waals surface area (Å²) in [7, 11) is 3.02. The van der Waals surface area contributed by atoms with E-state index in [4.69, 9.17) is 18.9 Å². The summed E-state index contributed by atoms with van der Waals surface area (Å²) in [6, 6.07) is 5.26. The summed E-state index contributed by atoms with van der Waals surface area (Å²) in [6.07, 6.45) is 1.02. The van der Waals surface area contributed by atoms with Gasteiger partial charge in [-0.25, -0.2) is 4.98 Å². The summed E-state index contributed by atoms with van der Waals surface area (Å²) in [5.41, 5.74) is 0.188. The van der Waals surface area contributed by atoms with Crippen LogP contribution < -0.4 is 14.2 Å². The molecule has 2 aromatic rings. The maximum atomic E-state index is 13.7. The maximum Gasteiger partial charge on any atom is 0.288 e. The molecule has 1 aromatic carbocycles. The summed E-state index contributed by atoms with van der Waals surface area (Å²) >= 11 is 0. The van der Waals surface area contributed by atoms with Gasteiger partial charge in [0.1, 0.15) is 35.9 Å². The smallest absolute Gasteiger partial charge is 0.288 e. The predicted molar refractivity (Wildman–Crippen MR) is 117 cm³/mol. The topological polar surface area (TPSA) is 134 Å². The van der Waals surface area contributed by atoms with Crippen molar-refractivity contribution in [3.8, 4) is 17.4 Å². The van der Waals surface area contributed by atoms with Gasteiger partial charge in [0.05, 0.1) is 38.9 Å². The van der Waals surface area contributed by atoms with E-state index in [1.165, 1.54) is 19.1 Å². The van der Waals surface area contributed by atoms with Gasteiger partial charge in [0, 0.05) is 30.8 Å². The first-order valence-corrected chi connectivity index (χ1v) is 10.6. The van der Waals surface area contributed by atoms with Gasteiger partial charge in [-0.1, -0.05) is 0 Å². The molecular formula is C22H24N4O8. The van der Waals surface area contributed by atoms with Gasteiger partial charge in [0.25, 0.3) is 11.6 Å². The van der Waals surface area contributed by atoms with Crippen LogP contribution in [0.25, 0.3) is 0 Å². The Morgan fingerprint density at radius 1 is 1.24 bits per heavy atom. The molecule has 34 heavy (non-hydrogen) atoms. The summed E-state index contributed by atoms with van der Waals surface area (Å²) in [6.45, 7) is 1.41. The second-order valence-electron chi connectivity index (χ2n) is 7.68. The van der Waals surface area contributed by atoms with Crippen molar-refractivity contribution in [1.29, 1.82) is 0 Å². The molecule has 0 radical (unpaired) electrons. The van der Waals surface area contributed by atoms with Crippen LogP contribution in [0.2, 0.25) is 0 Å². The Bertz CT molecular complexity index is 1100. The van der Waals surface area contributed by atoms with Gasteiger partial charge in [-0.3, -0.25) is 19.7 Å². The number of carbonyl (C=O) groups excluding carboxylic acids is 2. The largest absolute Gasteiger partial charge is 0.497 e. The van der Waals surface area contributed by atoms with Gasteiger partial charge in [-0.2, -0.15) is 0 Å². The second kappa shape index (κ2) is 9.91. The molecule has 12 heteroatoms. The molecule has 1 saturated heterocycles. The van der Waals surface area contributed by atoms with Gasteiger partial charge in [-0.15, -0.1) is 0 Å². The Morgan fingerprint density at radius 2 is 2.00 bits per heavy atom. The van der Waals surface area contributed by atoms with E-state index in [-0.39, 0.29) is 36.2 Å². The van der Waals surface area contributed by atoms with Crippen LogP contribution >= 0.6 is 0 Å². The third-order valence-corrected chi connectivity index (χ3v) is 5.74. The molecule has 180 valence electrons. The maximum absolute atomic E-state index is 13.7. The highest BCUT2D eigenvalue weighted by Gasteiger charge is 2.39. The molecule has 3 heterocycles. The number of fused-ring (bicyclic) bond motifs is 1. The zero-order valence-electron chi connectivity index (χ0n) is 18.8. The SMILES string of the molecule is COc1ccc(CN2C(=O)c3cc([N+](=O)[O-])cnc3OCC2C(=O)N2CCOCC2)c(OC)c1. The number of benzene rings is 1. The number of nitrogens with zero attached hydrogens (tertiary/aromatic N) is 4. The minimum atomic E-state index is -0.981. The average molecular weight is 472 g/mol. The molecule has 1 fully saturated rings. The third kappa shape index (κ3) is 4.57. The van der Waals surface area contributed by atoms with E-state index in [9.17, 15) is 19.7 Å². The molecule has 12 nitrogen and oxygen atoms in total. The van der Waals surface area contributed by atoms with Crippen molar-refractivity contribution < 1.29 is 33.5 Å². The van der Waals surface area contributed by atoms with Crippen molar-refractivity contribution in [2.75, 3.05) is 47.1 Å². The second-order valence-corrected chi connectivity index (χ2v) is 7.68. The summed E-state index contributed by atoms with van der Waals surface area (Å²) in [5.74, 6) is 0.0729. The molecule has 0 saturated carbocycles. The first-order chi connectivity index (χ1) is 16.4. The molecule has 2 aliphatic heterocycles. The molecule has 0 N–H and O–H groups in total. The molecule has 1 atom stereocenters. The van der Waals surface area contributed by atoms with E-state index in [1.807, 2.05) is 0 Å². The molecule has 2 amide bonds. The highest BCUT2D eigenvalue weighted by atomic mass is 16.6. The van der Waals surface area contributed by atoms with Crippen molar-refractivity contribution in [2.24, 2.45) is 0 Å². The normalized spacial score (nSPS) is 17.9. The van der Waals surface area contributed by atoms with Crippen molar-refractivity contribution in [2.45, 2.75) is 12.6 Å². The number of pyridine rings is 1. The van der Waals surface area contributed by atoms with Crippen molar-refractivity contribution in [3.05, 3.63) is 51.7 Å². The van der Waals surface area contributed by atoms with Crippen molar-refractivity contribution in [1.82, 2.24) is 14.8 Å². The molecule has 0 bridgehead atoms. The first-order valence-electron chi connectivity index (χ1n) is 10.6. The van der Waals surface area contributed by atoms with E-state index < -0.39 is 16.9 Å². The fraction of sp³-hybridized carbons (Fsp3) is 0.409. The van der Waals surface area contributed by atoms with Crippen LogP contribution in [0.1, 0.15) is 15.9 Å². The monoisotopic (exact) mass is 472 g/mol. The standard InChI is InChI=1S/C22H24N4O8/c1-31-16-4-3-14(19(10-16)32-2)12-25-18(22(28)24-5-7-33-8-6-24)13-34-20-17(21(25)27)9-15(11-23-20)26(29)30/h3-4,9-11,18H,5-8,12-13H2,1-2H3. The number of hydrogen-bond donors (Lipinski definition) is 0. The van der Waals surface area contributed by atoms with E-state index in [2.05, 4.69) is 4.98 Å². The fourth-order valence-electron chi connectivity index (χ4n) is 3.90. The molecular weight excluding hydrogens is 448 g/mol. The van der Waals surface area contributed by atoms with Crippen molar-refractivity contribution >= 4 is 17.5 Å². The number of ether oxygens (including phenoxy) is 4. The molecule has 4 rings (SSSR count). The van der Waals surface area contributed by atoms with Crippen LogP contribution in [0.5, 0.6) is 17.4 Å². The number of rotatable bonds is 6. The Kier molecular flexibility index (Phi) is 6.77. The molecule has 1 aromatic heterocycles. The minimum Gasteiger partial charge on any atom is -0.497 e. The number of hydrogen-bond acceptors (Lipinski definition) is 9. The lowest BCUT2D eigenvalue weighted by atomic mass is 10.1.